The number of nitrogens with zero attached hydrogens (tertiary/aromatic N) is 4. The highest BCUT2D eigenvalue weighted by molar-refractivity contribution is 5.90. The number of aryl methyl sites for hydroxylation is 2. The second-order valence-corrected chi connectivity index (χ2v) is 4.22. The summed E-state index contributed by atoms with van der Waals surface area (Å²) in [6.07, 6.45) is 8.12. The summed E-state index contributed by atoms with van der Waals surface area (Å²) in [6, 6.07) is 0. The molecule has 0 atom stereocenters. The van der Waals surface area contributed by atoms with Gasteiger partial charge in [0.25, 0.3) is 5.91 Å². The average Bonchev–Trinajstić information content (AvgIpc) is 3.09. The molecule has 0 bridgehead atoms. The average molecular weight is 262 g/mol. The zero-order chi connectivity index (χ0) is 13.5. The molecule has 0 aliphatic carbocycles. The molecule has 2 heterocycles. The lowest BCUT2D eigenvalue weighted by Crippen LogP contribution is -2.25. The first-order valence-corrected chi connectivity index (χ1v) is 6.45. The number of nitrogens with one attached hydrogen (secondary N) is 2. The molecule has 2 N–H and O–H groups in total. The molecular weight excluding hydrogens is 244 g/mol. The third kappa shape index (κ3) is 3.90. The van der Waals surface area contributed by atoms with E-state index < -0.39 is 0 Å². The molecule has 19 heavy (non-hydrogen) atoms. The Kier molecular flexibility index (Phi) is 4.66. The van der Waals surface area contributed by atoms with Gasteiger partial charge in [-0.05, 0) is 12.8 Å². The lowest BCUT2D eigenvalue weighted by Gasteiger charge is -2.03. The second-order valence-electron chi connectivity index (χ2n) is 4.22. The van der Waals surface area contributed by atoms with Gasteiger partial charge in [0.05, 0.1) is 6.33 Å². The van der Waals surface area contributed by atoms with Gasteiger partial charge in [-0.25, -0.2) is 9.97 Å². The monoisotopic (exact) mass is 262 g/mol. The molecule has 0 aliphatic rings. The van der Waals surface area contributed by atoms with Crippen molar-refractivity contribution in [2.45, 2.75) is 32.7 Å². The first-order chi connectivity index (χ1) is 9.29. The summed E-state index contributed by atoms with van der Waals surface area (Å²) in [5, 5.41) is 9.40. The molecule has 0 aromatic carbocycles. The SMILES string of the molecule is CCc1nc(C(=O)NCCCCn2ccnc2)n[nH]1. The van der Waals surface area contributed by atoms with E-state index in [1.807, 2.05) is 17.7 Å². The first-order valence-electron chi connectivity index (χ1n) is 6.45. The number of H-pyrrole nitrogens is 1. The summed E-state index contributed by atoms with van der Waals surface area (Å²) < 4.78 is 2.02. The van der Waals surface area contributed by atoms with Crippen LogP contribution in [-0.4, -0.2) is 37.2 Å². The van der Waals surface area contributed by atoms with Crippen molar-refractivity contribution < 1.29 is 4.79 Å². The van der Waals surface area contributed by atoms with Crippen molar-refractivity contribution in [3.63, 3.8) is 0 Å². The number of hydrogen-bond donors (Lipinski definition) is 2. The number of unbranched alkanes of at least 4 members (excludes halogenated alkanes) is 1. The molecule has 2 aromatic rings. The Balaban J connectivity index is 1.64. The van der Waals surface area contributed by atoms with Crippen LogP contribution in [0.3, 0.4) is 0 Å². The van der Waals surface area contributed by atoms with Crippen molar-refractivity contribution in [3.8, 4) is 0 Å². The molecule has 102 valence electrons. The van der Waals surface area contributed by atoms with E-state index in [4.69, 9.17) is 0 Å². The van der Waals surface area contributed by atoms with Crippen molar-refractivity contribution in [1.29, 1.82) is 0 Å². The molecule has 2 rings (SSSR count). The Labute approximate surface area is 111 Å². The van der Waals surface area contributed by atoms with E-state index in [1.54, 1.807) is 12.5 Å². The predicted molar refractivity (Wildman–Crippen MR) is 69.6 cm³/mol. The number of rotatable bonds is 7. The zero-order valence-corrected chi connectivity index (χ0v) is 11.0. The van der Waals surface area contributed by atoms with Crippen LogP contribution < -0.4 is 5.32 Å². The summed E-state index contributed by atoms with van der Waals surface area (Å²) >= 11 is 0. The number of carbonyl (C=O) groups excluding carboxylic acids is 1. The van der Waals surface area contributed by atoms with Gasteiger partial charge in [0.1, 0.15) is 5.82 Å². The maximum absolute atomic E-state index is 11.7. The fourth-order valence-corrected chi connectivity index (χ4v) is 1.67. The van der Waals surface area contributed by atoms with Crippen LogP contribution in [0.2, 0.25) is 0 Å². The number of carbonyl (C=O) groups is 1. The summed E-state index contributed by atoms with van der Waals surface area (Å²) in [5.41, 5.74) is 0. The second kappa shape index (κ2) is 6.67. The van der Waals surface area contributed by atoms with E-state index in [9.17, 15) is 4.79 Å². The number of imidazole rings is 1. The molecule has 0 saturated carbocycles. The van der Waals surface area contributed by atoms with Crippen molar-refractivity contribution >= 4 is 5.91 Å². The van der Waals surface area contributed by atoms with E-state index in [-0.39, 0.29) is 11.7 Å². The standard InChI is InChI=1S/C12H18N6O/c1-2-10-15-11(17-16-10)12(19)14-5-3-4-7-18-8-6-13-9-18/h6,8-9H,2-5,7H2,1H3,(H,14,19)(H,15,16,17). The smallest absolute Gasteiger partial charge is 0.290 e. The summed E-state index contributed by atoms with van der Waals surface area (Å²) in [7, 11) is 0. The summed E-state index contributed by atoms with van der Waals surface area (Å²) in [5.74, 6) is 0.718. The largest absolute Gasteiger partial charge is 0.349 e. The Hall–Kier alpha value is -2.18. The van der Waals surface area contributed by atoms with E-state index in [2.05, 4.69) is 25.5 Å². The van der Waals surface area contributed by atoms with Crippen LogP contribution in [0.5, 0.6) is 0 Å². The van der Waals surface area contributed by atoms with Gasteiger partial charge in [-0.1, -0.05) is 6.92 Å². The molecule has 0 fully saturated rings. The molecule has 2 aromatic heterocycles. The van der Waals surface area contributed by atoms with E-state index in [0.717, 1.165) is 31.6 Å². The van der Waals surface area contributed by atoms with E-state index >= 15 is 0 Å². The van der Waals surface area contributed by atoms with Gasteiger partial charge >= 0.3 is 0 Å². The zero-order valence-electron chi connectivity index (χ0n) is 11.0. The number of amides is 1. The quantitative estimate of drug-likeness (QED) is 0.721. The molecule has 0 radical (unpaired) electrons. The highest BCUT2D eigenvalue weighted by Gasteiger charge is 2.10. The minimum atomic E-state index is -0.224. The van der Waals surface area contributed by atoms with Crippen molar-refractivity contribution in [1.82, 2.24) is 30.0 Å². The number of aromatic amines is 1. The lowest BCUT2D eigenvalue weighted by molar-refractivity contribution is 0.0943. The third-order valence-electron chi connectivity index (χ3n) is 2.76. The third-order valence-corrected chi connectivity index (χ3v) is 2.76. The van der Waals surface area contributed by atoms with Gasteiger partial charge < -0.3 is 9.88 Å². The first kappa shape index (κ1) is 13.3. The molecule has 0 aliphatic heterocycles. The minimum absolute atomic E-state index is 0.214. The van der Waals surface area contributed by atoms with Gasteiger partial charge in [-0.15, -0.1) is 5.10 Å². The summed E-state index contributed by atoms with van der Waals surface area (Å²) in [4.78, 5) is 19.7. The van der Waals surface area contributed by atoms with Crippen LogP contribution in [0.1, 0.15) is 36.2 Å². The van der Waals surface area contributed by atoms with Crippen molar-refractivity contribution in [2.24, 2.45) is 0 Å². The van der Waals surface area contributed by atoms with Crippen LogP contribution in [0, 0.1) is 0 Å². The van der Waals surface area contributed by atoms with Gasteiger partial charge in [0.2, 0.25) is 5.82 Å². The Morgan fingerprint density at radius 3 is 3.05 bits per heavy atom. The van der Waals surface area contributed by atoms with E-state index in [1.165, 1.54) is 0 Å². The topological polar surface area (TPSA) is 88.5 Å². The summed E-state index contributed by atoms with van der Waals surface area (Å²) in [6.45, 7) is 3.50. The van der Waals surface area contributed by atoms with Gasteiger partial charge in [-0.3, -0.25) is 9.89 Å². The fourth-order valence-electron chi connectivity index (χ4n) is 1.67. The molecule has 1 amide bonds. The predicted octanol–water partition coefficient (Wildman–Crippen LogP) is 0.774. The van der Waals surface area contributed by atoms with Crippen LogP contribution >= 0.6 is 0 Å². The maximum Gasteiger partial charge on any atom is 0.290 e. The van der Waals surface area contributed by atoms with Gasteiger partial charge in [0, 0.05) is 31.9 Å². The number of aromatic nitrogens is 5. The Bertz CT molecular complexity index is 504. The molecular formula is C12H18N6O. The molecule has 0 unspecified atom stereocenters. The van der Waals surface area contributed by atoms with Crippen molar-refractivity contribution in [2.75, 3.05) is 6.54 Å². The van der Waals surface area contributed by atoms with Crippen LogP contribution in [0.15, 0.2) is 18.7 Å². The maximum atomic E-state index is 11.7. The van der Waals surface area contributed by atoms with Crippen LogP contribution in [-0.2, 0) is 13.0 Å². The van der Waals surface area contributed by atoms with Gasteiger partial charge in [-0.2, -0.15) is 0 Å². The minimum Gasteiger partial charge on any atom is -0.349 e. The van der Waals surface area contributed by atoms with Gasteiger partial charge in [0.15, 0.2) is 0 Å². The van der Waals surface area contributed by atoms with Crippen LogP contribution in [0.25, 0.3) is 0 Å². The molecule has 0 spiro atoms. The normalized spacial score (nSPS) is 10.6. The lowest BCUT2D eigenvalue weighted by atomic mass is 10.3. The van der Waals surface area contributed by atoms with Crippen molar-refractivity contribution in [3.05, 3.63) is 30.4 Å². The Morgan fingerprint density at radius 2 is 2.37 bits per heavy atom. The highest BCUT2D eigenvalue weighted by Crippen LogP contribution is 1.96. The number of hydrogen-bond acceptors (Lipinski definition) is 4. The molecule has 0 saturated heterocycles. The fraction of sp³-hybridized carbons (Fsp3) is 0.500. The molecule has 7 nitrogen and oxygen atoms in total. The van der Waals surface area contributed by atoms with Crippen LogP contribution in [0.4, 0.5) is 0 Å². The Morgan fingerprint density at radius 1 is 1.47 bits per heavy atom. The highest BCUT2D eigenvalue weighted by atomic mass is 16.2. The van der Waals surface area contributed by atoms with E-state index in [0.29, 0.717) is 6.54 Å². The molecule has 7 heteroatoms.